The Labute approximate surface area is 118 Å². The Morgan fingerprint density at radius 3 is 2.70 bits per heavy atom. The van der Waals surface area contributed by atoms with Crippen molar-refractivity contribution in [3.63, 3.8) is 0 Å². The van der Waals surface area contributed by atoms with Gasteiger partial charge in [-0.25, -0.2) is 4.79 Å². The number of benzene rings is 1. The minimum absolute atomic E-state index is 0.320. The van der Waals surface area contributed by atoms with Gasteiger partial charge in [0, 0.05) is 23.0 Å². The van der Waals surface area contributed by atoms with E-state index in [-0.39, 0.29) is 5.97 Å². The molecule has 108 valence electrons. The SMILES string of the molecule is CCOC(=O)c1[nH]c2ccc(OC)cc2c1CN(C)C. The molecular formula is C15H20N2O3. The van der Waals surface area contributed by atoms with Crippen molar-refractivity contribution >= 4 is 16.9 Å². The van der Waals surface area contributed by atoms with Crippen LogP contribution in [0.3, 0.4) is 0 Å². The van der Waals surface area contributed by atoms with Gasteiger partial charge < -0.3 is 19.4 Å². The normalized spacial score (nSPS) is 11.1. The number of nitrogens with one attached hydrogen (secondary N) is 1. The molecule has 5 nitrogen and oxygen atoms in total. The van der Waals surface area contributed by atoms with Crippen molar-refractivity contribution in [3.8, 4) is 5.75 Å². The fraction of sp³-hybridized carbons (Fsp3) is 0.400. The first kappa shape index (κ1) is 14.4. The first-order chi connectivity index (χ1) is 9.56. The van der Waals surface area contributed by atoms with E-state index in [1.165, 1.54) is 0 Å². The van der Waals surface area contributed by atoms with Gasteiger partial charge in [0.25, 0.3) is 0 Å². The number of aromatic nitrogens is 1. The molecule has 0 aliphatic carbocycles. The summed E-state index contributed by atoms with van der Waals surface area (Å²) in [6.07, 6.45) is 0. The van der Waals surface area contributed by atoms with E-state index in [0.29, 0.717) is 18.8 Å². The molecule has 20 heavy (non-hydrogen) atoms. The minimum atomic E-state index is -0.320. The first-order valence-corrected chi connectivity index (χ1v) is 6.57. The van der Waals surface area contributed by atoms with Gasteiger partial charge in [0.05, 0.1) is 13.7 Å². The molecule has 0 spiro atoms. The summed E-state index contributed by atoms with van der Waals surface area (Å²) in [5.41, 5.74) is 2.36. The number of aromatic amines is 1. The van der Waals surface area contributed by atoms with Crippen LogP contribution >= 0.6 is 0 Å². The van der Waals surface area contributed by atoms with E-state index in [4.69, 9.17) is 9.47 Å². The number of carbonyl (C=O) groups excluding carboxylic acids is 1. The van der Waals surface area contributed by atoms with E-state index in [0.717, 1.165) is 22.2 Å². The molecule has 1 N–H and O–H groups in total. The molecule has 0 unspecified atom stereocenters. The van der Waals surface area contributed by atoms with Gasteiger partial charge >= 0.3 is 5.97 Å². The van der Waals surface area contributed by atoms with Gasteiger partial charge in [-0.2, -0.15) is 0 Å². The van der Waals surface area contributed by atoms with E-state index in [1.807, 2.05) is 37.2 Å². The van der Waals surface area contributed by atoms with Gasteiger partial charge in [-0.1, -0.05) is 0 Å². The highest BCUT2D eigenvalue weighted by Crippen LogP contribution is 2.28. The highest BCUT2D eigenvalue weighted by Gasteiger charge is 2.19. The number of carbonyl (C=O) groups is 1. The summed E-state index contributed by atoms with van der Waals surface area (Å²) in [4.78, 5) is 17.2. The predicted octanol–water partition coefficient (Wildman–Crippen LogP) is 2.41. The lowest BCUT2D eigenvalue weighted by atomic mass is 10.1. The van der Waals surface area contributed by atoms with Crippen molar-refractivity contribution < 1.29 is 14.3 Å². The predicted molar refractivity (Wildman–Crippen MR) is 78.2 cm³/mol. The van der Waals surface area contributed by atoms with E-state index >= 15 is 0 Å². The number of hydrogen-bond acceptors (Lipinski definition) is 4. The summed E-state index contributed by atoms with van der Waals surface area (Å²) in [6, 6.07) is 5.72. The molecule has 0 atom stereocenters. The van der Waals surface area contributed by atoms with Crippen LogP contribution in [0, 0.1) is 0 Å². The van der Waals surface area contributed by atoms with Crippen LogP contribution in [-0.2, 0) is 11.3 Å². The maximum absolute atomic E-state index is 12.1. The Morgan fingerprint density at radius 2 is 2.10 bits per heavy atom. The second-order valence-corrected chi connectivity index (χ2v) is 4.85. The third kappa shape index (κ3) is 2.77. The number of methoxy groups -OCH3 is 1. The molecule has 0 radical (unpaired) electrons. The van der Waals surface area contributed by atoms with E-state index < -0.39 is 0 Å². The Morgan fingerprint density at radius 1 is 1.35 bits per heavy atom. The van der Waals surface area contributed by atoms with Crippen LogP contribution in [-0.4, -0.2) is 43.7 Å². The number of ether oxygens (including phenoxy) is 2. The van der Waals surface area contributed by atoms with E-state index in [9.17, 15) is 4.79 Å². The second-order valence-electron chi connectivity index (χ2n) is 4.85. The molecule has 5 heteroatoms. The molecule has 0 fully saturated rings. The lowest BCUT2D eigenvalue weighted by Gasteiger charge is -2.11. The van der Waals surface area contributed by atoms with Gasteiger partial charge in [0.15, 0.2) is 0 Å². The van der Waals surface area contributed by atoms with E-state index in [2.05, 4.69) is 4.98 Å². The summed E-state index contributed by atoms with van der Waals surface area (Å²) in [6.45, 7) is 2.81. The van der Waals surface area contributed by atoms with Gasteiger partial charge in [-0.15, -0.1) is 0 Å². The average Bonchev–Trinajstić information content (AvgIpc) is 2.76. The number of rotatable bonds is 5. The molecule has 2 aromatic rings. The Balaban J connectivity index is 2.57. The largest absolute Gasteiger partial charge is 0.497 e. The summed E-state index contributed by atoms with van der Waals surface area (Å²) in [7, 11) is 5.56. The van der Waals surface area contributed by atoms with Crippen molar-refractivity contribution in [1.82, 2.24) is 9.88 Å². The van der Waals surface area contributed by atoms with Gasteiger partial charge in [-0.3, -0.25) is 0 Å². The van der Waals surface area contributed by atoms with Crippen LogP contribution in [0.5, 0.6) is 5.75 Å². The molecule has 1 aromatic heterocycles. The van der Waals surface area contributed by atoms with Gasteiger partial charge in [0.2, 0.25) is 0 Å². The summed E-state index contributed by atoms with van der Waals surface area (Å²) >= 11 is 0. The Bertz CT molecular complexity index is 617. The van der Waals surface area contributed by atoms with Crippen molar-refractivity contribution in [1.29, 1.82) is 0 Å². The minimum Gasteiger partial charge on any atom is -0.497 e. The zero-order chi connectivity index (χ0) is 14.7. The van der Waals surface area contributed by atoms with Crippen LogP contribution < -0.4 is 4.74 Å². The lowest BCUT2D eigenvalue weighted by molar-refractivity contribution is 0.0518. The summed E-state index contributed by atoms with van der Waals surface area (Å²) < 4.78 is 10.4. The monoisotopic (exact) mass is 276 g/mol. The molecule has 2 rings (SSSR count). The number of esters is 1. The molecule has 1 heterocycles. The number of nitrogens with zero attached hydrogens (tertiary/aromatic N) is 1. The second kappa shape index (κ2) is 5.96. The smallest absolute Gasteiger partial charge is 0.355 e. The quantitative estimate of drug-likeness (QED) is 0.852. The van der Waals surface area contributed by atoms with Crippen LogP contribution in [0.4, 0.5) is 0 Å². The molecule has 0 aliphatic heterocycles. The van der Waals surface area contributed by atoms with Crippen molar-refractivity contribution in [2.24, 2.45) is 0 Å². The fourth-order valence-corrected chi connectivity index (χ4v) is 2.21. The first-order valence-electron chi connectivity index (χ1n) is 6.57. The number of H-pyrrole nitrogens is 1. The third-order valence-electron chi connectivity index (χ3n) is 3.07. The van der Waals surface area contributed by atoms with Crippen LogP contribution in [0.25, 0.3) is 10.9 Å². The molecular weight excluding hydrogens is 256 g/mol. The Hall–Kier alpha value is -2.01. The molecule has 0 aliphatic rings. The van der Waals surface area contributed by atoms with Crippen molar-refractivity contribution in [3.05, 3.63) is 29.5 Å². The van der Waals surface area contributed by atoms with Crippen molar-refractivity contribution in [2.75, 3.05) is 27.8 Å². The van der Waals surface area contributed by atoms with Crippen molar-refractivity contribution in [2.45, 2.75) is 13.5 Å². The maximum atomic E-state index is 12.1. The third-order valence-corrected chi connectivity index (χ3v) is 3.07. The average molecular weight is 276 g/mol. The summed E-state index contributed by atoms with van der Waals surface area (Å²) in [5.74, 6) is 0.450. The number of hydrogen-bond donors (Lipinski definition) is 1. The lowest BCUT2D eigenvalue weighted by Crippen LogP contribution is -2.15. The zero-order valence-electron chi connectivity index (χ0n) is 12.3. The van der Waals surface area contributed by atoms with E-state index in [1.54, 1.807) is 14.0 Å². The van der Waals surface area contributed by atoms with Gasteiger partial charge in [-0.05, 0) is 39.2 Å². The highest BCUT2D eigenvalue weighted by molar-refractivity contribution is 5.98. The molecule has 1 aromatic carbocycles. The number of fused-ring (bicyclic) bond motifs is 1. The standard InChI is InChI=1S/C15H20N2O3/c1-5-20-15(18)14-12(9-17(2)3)11-8-10(19-4)6-7-13(11)16-14/h6-8,16H,5,9H2,1-4H3. The topological polar surface area (TPSA) is 54.6 Å². The van der Waals surface area contributed by atoms with Crippen LogP contribution in [0.1, 0.15) is 23.0 Å². The van der Waals surface area contributed by atoms with Crippen LogP contribution in [0.2, 0.25) is 0 Å². The van der Waals surface area contributed by atoms with Gasteiger partial charge in [0.1, 0.15) is 11.4 Å². The molecule has 0 saturated carbocycles. The Kier molecular flexibility index (Phi) is 4.29. The zero-order valence-corrected chi connectivity index (χ0v) is 12.3. The fourth-order valence-electron chi connectivity index (χ4n) is 2.21. The maximum Gasteiger partial charge on any atom is 0.355 e. The highest BCUT2D eigenvalue weighted by atomic mass is 16.5. The summed E-state index contributed by atoms with van der Waals surface area (Å²) in [5, 5.41) is 0.987. The molecule has 0 bridgehead atoms. The molecule has 0 saturated heterocycles. The van der Waals surface area contributed by atoms with Crippen LogP contribution in [0.15, 0.2) is 18.2 Å². The molecule has 0 amide bonds.